The molecule has 2 rings (SSSR count). The van der Waals surface area contributed by atoms with Crippen molar-refractivity contribution in [2.24, 2.45) is 0 Å². The van der Waals surface area contributed by atoms with E-state index in [4.69, 9.17) is 10.00 Å². The van der Waals surface area contributed by atoms with Crippen LogP contribution < -0.4 is 4.74 Å². The predicted molar refractivity (Wildman–Crippen MR) is 74.9 cm³/mol. The number of para-hydroxylation sites is 1. The molecular weight excluding hydrogens is 276 g/mol. The number of nitro groups is 1. The molecule has 100 valence electrons. The lowest BCUT2D eigenvalue weighted by molar-refractivity contribution is -0.385. The summed E-state index contributed by atoms with van der Waals surface area (Å²) in [6.07, 6.45) is 0. The average Bonchev–Trinajstić information content (AvgIpc) is 2.47. The Labute approximate surface area is 120 Å². The van der Waals surface area contributed by atoms with E-state index in [1.165, 1.54) is 17.8 Å². The minimum Gasteiger partial charge on any atom is -0.496 e. The molecule has 0 saturated heterocycles. The van der Waals surface area contributed by atoms with E-state index < -0.39 is 4.92 Å². The highest BCUT2D eigenvalue weighted by molar-refractivity contribution is 7.99. The maximum Gasteiger partial charge on any atom is 0.288 e. The first-order chi connectivity index (χ1) is 9.67. The van der Waals surface area contributed by atoms with Crippen LogP contribution in [-0.2, 0) is 0 Å². The molecule has 0 unspecified atom stereocenters. The van der Waals surface area contributed by atoms with Gasteiger partial charge in [-0.1, -0.05) is 30.0 Å². The molecule has 0 spiro atoms. The number of hydrogen-bond donors (Lipinski definition) is 0. The monoisotopic (exact) mass is 286 g/mol. The lowest BCUT2D eigenvalue weighted by Crippen LogP contribution is -1.94. The van der Waals surface area contributed by atoms with Crippen molar-refractivity contribution in [1.82, 2.24) is 0 Å². The topological polar surface area (TPSA) is 76.2 Å². The molecule has 0 radical (unpaired) electrons. The van der Waals surface area contributed by atoms with Gasteiger partial charge in [0.1, 0.15) is 17.4 Å². The van der Waals surface area contributed by atoms with E-state index in [2.05, 4.69) is 0 Å². The summed E-state index contributed by atoms with van der Waals surface area (Å²) in [5, 5.41) is 20.1. The van der Waals surface area contributed by atoms with E-state index >= 15 is 0 Å². The van der Waals surface area contributed by atoms with E-state index in [9.17, 15) is 10.1 Å². The Hall–Kier alpha value is -2.52. The van der Waals surface area contributed by atoms with Crippen LogP contribution in [0.3, 0.4) is 0 Å². The standard InChI is InChI=1S/C14H10N2O3S/c1-19-12-6-2-3-7-14(12)20-13-8-4-5-11(16(17)18)10(13)9-15/h2-8H,1H3. The Morgan fingerprint density at radius 2 is 1.90 bits per heavy atom. The van der Waals surface area contributed by atoms with Gasteiger partial charge < -0.3 is 4.74 Å². The first kappa shape index (κ1) is 13.9. The Balaban J connectivity index is 2.47. The fourth-order valence-corrected chi connectivity index (χ4v) is 2.73. The van der Waals surface area contributed by atoms with Crippen LogP contribution in [0.1, 0.15) is 5.56 Å². The highest BCUT2D eigenvalue weighted by atomic mass is 32.2. The van der Waals surface area contributed by atoms with Gasteiger partial charge in [-0.3, -0.25) is 10.1 Å². The van der Waals surface area contributed by atoms with Crippen molar-refractivity contribution < 1.29 is 9.66 Å². The summed E-state index contributed by atoms with van der Waals surface area (Å²) in [4.78, 5) is 11.7. The van der Waals surface area contributed by atoms with Crippen LogP contribution >= 0.6 is 11.8 Å². The molecule has 20 heavy (non-hydrogen) atoms. The van der Waals surface area contributed by atoms with Gasteiger partial charge in [0.05, 0.1) is 16.9 Å². The Kier molecular flexibility index (Phi) is 4.23. The van der Waals surface area contributed by atoms with Crippen LogP contribution in [0.5, 0.6) is 5.75 Å². The second-order valence-corrected chi connectivity index (χ2v) is 4.86. The SMILES string of the molecule is COc1ccccc1Sc1cccc([N+](=O)[O-])c1C#N. The predicted octanol–water partition coefficient (Wildman–Crippen LogP) is 3.63. The molecule has 0 heterocycles. The van der Waals surface area contributed by atoms with Gasteiger partial charge >= 0.3 is 0 Å². The van der Waals surface area contributed by atoms with Crippen molar-refractivity contribution in [2.45, 2.75) is 9.79 Å². The van der Waals surface area contributed by atoms with Gasteiger partial charge in [0.15, 0.2) is 0 Å². The molecule has 2 aromatic rings. The van der Waals surface area contributed by atoms with Gasteiger partial charge in [0.25, 0.3) is 5.69 Å². The van der Waals surface area contributed by atoms with E-state index in [0.29, 0.717) is 10.6 Å². The molecule has 0 aliphatic carbocycles. The van der Waals surface area contributed by atoms with E-state index in [-0.39, 0.29) is 11.3 Å². The maximum atomic E-state index is 10.9. The van der Waals surface area contributed by atoms with E-state index in [1.54, 1.807) is 25.3 Å². The van der Waals surface area contributed by atoms with Crippen molar-refractivity contribution in [3.63, 3.8) is 0 Å². The number of nitrogens with zero attached hydrogens (tertiary/aromatic N) is 2. The van der Waals surface area contributed by atoms with Gasteiger partial charge in [-0.2, -0.15) is 5.26 Å². The molecule has 0 atom stereocenters. The molecule has 0 aliphatic heterocycles. The molecule has 0 aliphatic rings. The fourth-order valence-electron chi connectivity index (χ4n) is 1.69. The highest BCUT2D eigenvalue weighted by Crippen LogP contribution is 2.38. The Bertz CT molecular complexity index is 695. The number of nitriles is 1. The minimum absolute atomic E-state index is 0.0633. The number of ether oxygens (including phenoxy) is 1. The lowest BCUT2D eigenvalue weighted by atomic mass is 10.2. The molecular formula is C14H10N2O3S. The fraction of sp³-hybridized carbons (Fsp3) is 0.0714. The van der Waals surface area contributed by atoms with Crippen LogP contribution in [-0.4, -0.2) is 12.0 Å². The number of hydrogen-bond acceptors (Lipinski definition) is 5. The second kappa shape index (κ2) is 6.08. The second-order valence-electron chi connectivity index (χ2n) is 3.77. The van der Waals surface area contributed by atoms with Gasteiger partial charge in [-0.05, 0) is 18.2 Å². The van der Waals surface area contributed by atoms with Crippen LogP contribution in [0.25, 0.3) is 0 Å². The van der Waals surface area contributed by atoms with Crippen LogP contribution in [0.4, 0.5) is 5.69 Å². The van der Waals surface area contributed by atoms with Gasteiger partial charge in [-0.25, -0.2) is 0 Å². The molecule has 0 bridgehead atoms. The number of benzene rings is 2. The van der Waals surface area contributed by atoms with E-state index in [0.717, 1.165) is 4.90 Å². The van der Waals surface area contributed by atoms with Crippen LogP contribution in [0.2, 0.25) is 0 Å². The molecule has 5 nitrogen and oxygen atoms in total. The Morgan fingerprint density at radius 1 is 1.20 bits per heavy atom. The molecule has 0 aromatic heterocycles. The maximum absolute atomic E-state index is 10.9. The summed E-state index contributed by atoms with van der Waals surface area (Å²) in [5.74, 6) is 0.660. The summed E-state index contributed by atoms with van der Waals surface area (Å²) in [6.45, 7) is 0. The normalized spacial score (nSPS) is 9.80. The molecule has 0 amide bonds. The zero-order valence-electron chi connectivity index (χ0n) is 10.6. The van der Waals surface area contributed by atoms with Crippen molar-refractivity contribution in [3.05, 3.63) is 58.1 Å². The third kappa shape index (κ3) is 2.73. The number of methoxy groups -OCH3 is 1. The van der Waals surface area contributed by atoms with Gasteiger partial charge in [-0.15, -0.1) is 0 Å². The minimum atomic E-state index is -0.551. The van der Waals surface area contributed by atoms with Crippen LogP contribution in [0.15, 0.2) is 52.3 Å². The molecule has 0 saturated carbocycles. The van der Waals surface area contributed by atoms with Crippen LogP contribution in [0, 0.1) is 21.4 Å². The summed E-state index contributed by atoms with van der Waals surface area (Å²) >= 11 is 1.27. The summed E-state index contributed by atoms with van der Waals surface area (Å²) in [5.41, 5.74) is -0.124. The zero-order chi connectivity index (χ0) is 14.5. The smallest absolute Gasteiger partial charge is 0.288 e. The number of rotatable bonds is 4. The van der Waals surface area contributed by atoms with Gasteiger partial charge in [0.2, 0.25) is 0 Å². The summed E-state index contributed by atoms with van der Waals surface area (Å²) in [7, 11) is 1.55. The quantitative estimate of drug-likeness (QED) is 0.633. The van der Waals surface area contributed by atoms with Crippen molar-refractivity contribution >= 4 is 17.4 Å². The van der Waals surface area contributed by atoms with Crippen molar-refractivity contribution in [3.8, 4) is 11.8 Å². The summed E-state index contributed by atoms with van der Waals surface area (Å²) < 4.78 is 5.23. The third-order valence-electron chi connectivity index (χ3n) is 2.60. The number of nitro benzene ring substituents is 1. The Morgan fingerprint density at radius 3 is 2.55 bits per heavy atom. The third-order valence-corrected chi connectivity index (χ3v) is 3.72. The average molecular weight is 286 g/mol. The molecule has 2 aromatic carbocycles. The summed E-state index contributed by atoms with van der Waals surface area (Å²) in [6, 6.07) is 13.8. The zero-order valence-corrected chi connectivity index (χ0v) is 11.4. The van der Waals surface area contributed by atoms with Crippen molar-refractivity contribution in [2.75, 3.05) is 7.11 Å². The lowest BCUT2D eigenvalue weighted by Gasteiger charge is -2.08. The molecule has 0 N–H and O–H groups in total. The first-order valence-electron chi connectivity index (χ1n) is 5.65. The molecule has 6 heteroatoms. The molecule has 0 fully saturated rings. The first-order valence-corrected chi connectivity index (χ1v) is 6.47. The highest BCUT2D eigenvalue weighted by Gasteiger charge is 2.18. The largest absolute Gasteiger partial charge is 0.496 e. The van der Waals surface area contributed by atoms with Crippen molar-refractivity contribution in [1.29, 1.82) is 5.26 Å². The van der Waals surface area contributed by atoms with Gasteiger partial charge in [0, 0.05) is 11.0 Å². The van der Waals surface area contributed by atoms with E-state index in [1.807, 2.05) is 24.3 Å².